The average molecular weight is 442 g/mol. The van der Waals surface area contributed by atoms with Crippen LogP contribution in [0.1, 0.15) is 27.7 Å². The summed E-state index contributed by atoms with van der Waals surface area (Å²) < 4.78 is 0. The van der Waals surface area contributed by atoms with Crippen LogP contribution in [0.5, 0.6) is 0 Å². The minimum atomic E-state index is 0. The summed E-state index contributed by atoms with van der Waals surface area (Å²) in [5.41, 5.74) is 0. The van der Waals surface area contributed by atoms with Crippen molar-refractivity contribution in [3.05, 3.63) is 0 Å². The molecule has 110 valence electrons. The first-order chi connectivity index (χ1) is 8.54. The number of nitrogens with zero attached hydrogens (tertiary/aromatic N) is 2. The second-order valence-corrected chi connectivity index (χ2v) is 2.57. The first-order valence-electron chi connectivity index (χ1n) is 4.49. The Morgan fingerprint density at radius 2 is 0.684 bits per heavy atom. The van der Waals surface area contributed by atoms with Crippen molar-refractivity contribution >= 4 is 27.2 Å². The summed E-state index contributed by atoms with van der Waals surface area (Å²) in [6.07, 6.45) is 0. The van der Waals surface area contributed by atoms with Crippen molar-refractivity contribution in [2.75, 3.05) is 0 Å². The van der Waals surface area contributed by atoms with Gasteiger partial charge in [0.2, 0.25) is 0 Å². The molecule has 0 aliphatic rings. The van der Waals surface area contributed by atoms with Gasteiger partial charge in [-0.1, -0.05) is 0 Å². The molecule has 0 bridgehead atoms. The molecule has 0 aliphatic heterocycles. The summed E-state index contributed by atoms with van der Waals surface area (Å²) >= 11 is 0. The summed E-state index contributed by atoms with van der Waals surface area (Å²) in [4.78, 5) is 32.0. The van der Waals surface area contributed by atoms with E-state index in [0.29, 0.717) is 0 Å². The van der Waals surface area contributed by atoms with Crippen molar-refractivity contribution in [2.24, 2.45) is 11.8 Å². The summed E-state index contributed by atoms with van der Waals surface area (Å²) in [6.45, 7) is 15.4. The van der Waals surface area contributed by atoms with Gasteiger partial charge in [0.05, 0.1) is 12.1 Å². The molecule has 0 N–H and O–H groups in total. The van der Waals surface area contributed by atoms with Crippen molar-refractivity contribution in [1.82, 2.24) is 0 Å². The van der Waals surface area contributed by atoms with Gasteiger partial charge in [0, 0.05) is 32.9 Å². The fraction of sp³-hybridized carbons (Fsp3) is 0.500. The van der Waals surface area contributed by atoms with Gasteiger partial charge in [-0.25, -0.2) is 0 Å². The number of rotatable bonds is 0. The van der Waals surface area contributed by atoms with E-state index in [2.05, 4.69) is 0 Å². The Kier molecular flexibility index (Phi) is 218. The molecule has 7 heteroatoms. The SMILES string of the molecule is C=O.C=O.C=O.C=O.CC(C)C#N.CC(C)C#N.[W]. The summed E-state index contributed by atoms with van der Waals surface area (Å²) in [5, 5.41) is 15.8. The van der Waals surface area contributed by atoms with Gasteiger partial charge in [-0.3, -0.25) is 0 Å². The van der Waals surface area contributed by atoms with Crippen LogP contribution >= 0.6 is 0 Å². The first-order valence-corrected chi connectivity index (χ1v) is 4.49. The second kappa shape index (κ2) is 95.6. The van der Waals surface area contributed by atoms with Gasteiger partial charge in [0.25, 0.3) is 0 Å². The van der Waals surface area contributed by atoms with Crippen molar-refractivity contribution in [3.63, 3.8) is 0 Å². The van der Waals surface area contributed by atoms with E-state index in [1.165, 1.54) is 0 Å². The molecule has 0 radical (unpaired) electrons. The average Bonchev–Trinajstić information content (AvgIpc) is 2.48. The number of carbonyl (C=O) groups is 4. The van der Waals surface area contributed by atoms with Gasteiger partial charge >= 0.3 is 0 Å². The molecular weight excluding hydrogens is 420 g/mol. The Bertz CT molecular complexity index is 175. The Balaban J connectivity index is -0.0000000194. The molecule has 0 atom stereocenters. The van der Waals surface area contributed by atoms with Crippen LogP contribution in [0.25, 0.3) is 0 Å². The van der Waals surface area contributed by atoms with Crippen LogP contribution in [0.15, 0.2) is 0 Å². The Labute approximate surface area is 130 Å². The summed E-state index contributed by atoms with van der Waals surface area (Å²) in [5.74, 6) is 0.380. The minimum Gasteiger partial charge on any atom is -0.307 e. The molecule has 0 saturated carbocycles. The van der Waals surface area contributed by atoms with Crippen LogP contribution in [0.4, 0.5) is 0 Å². The third-order valence-electron chi connectivity index (χ3n) is 0.516. The molecule has 0 aromatic carbocycles. The Morgan fingerprint density at radius 3 is 0.684 bits per heavy atom. The van der Waals surface area contributed by atoms with Gasteiger partial charge in [-0.2, -0.15) is 10.5 Å². The van der Waals surface area contributed by atoms with Crippen LogP contribution in [0.3, 0.4) is 0 Å². The van der Waals surface area contributed by atoms with E-state index < -0.39 is 0 Å². The topological polar surface area (TPSA) is 116 Å². The minimum absolute atomic E-state index is 0. The van der Waals surface area contributed by atoms with Crippen LogP contribution in [-0.2, 0) is 40.2 Å². The van der Waals surface area contributed by atoms with E-state index in [1.807, 2.05) is 67.0 Å². The molecule has 0 spiro atoms. The van der Waals surface area contributed by atoms with Crippen molar-refractivity contribution in [3.8, 4) is 12.1 Å². The van der Waals surface area contributed by atoms with Gasteiger partial charge < -0.3 is 19.2 Å². The molecule has 0 amide bonds. The van der Waals surface area contributed by atoms with Gasteiger partial charge in [-0.05, 0) is 27.7 Å². The molecule has 0 unspecified atom stereocenters. The van der Waals surface area contributed by atoms with Crippen LogP contribution in [-0.4, -0.2) is 27.2 Å². The van der Waals surface area contributed by atoms with Crippen LogP contribution in [0.2, 0.25) is 0 Å². The molecule has 0 heterocycles. The third kappa shape index (κ3) is 610. The normalized spacial score (nSPS) is 4.84. The van der Waals surface area contributed by atoms with E-state index in [-0.39, 0.29) is 32.9 Å². The van der Waals surface area contributed by atoms with Crippen molar-refractivity contribution < 1.29 is 40.2 Å². The number of carbonyl (C=O) groups excluding carboxylic acids is 4. The fourth-order valence-electron chi connectivity index (χ4n) is 0. The molecular formula is C12H22N2O4W. The zero-order chi connectivity index (χ0) is 16.6. The monoisotopic (exact) mass is 442 g/mol. The van der Waals surface area contributed by atoms with E-state index in [1.54, 1.807) is 0 Å². The predicted octanol–water partition coefficient (Wildman–Crippen LogP) is 1.59. The number of nitriles is 2. The van der Waals surface area contributed by atoms with E-state index in [4.69, 9.17) is 29.7 Å². The molecule has 0 fully saturated rings. The number of hydrogen-bond donors (Lipinski definition) is 0. The van der Waals surface area contributed by atoms with Gasteiger partial charge in [0.1, 0.15) is 27.2 Å². The zero-order valence-corrected chi connectivity index (χ0v) is 14.9. The quantitative estimate of drug-likeness (QED) is 0.563. The van der Waals surface area contributed by atoms with Crippen LogP contribution in [0, 0.1) is 34.5 Å². The predicted molar refractivity (Wildman–Crippen MR) is 69.4 cm³/mol. The summed E-state index contributed by atoms with van der Waals surface area (Å²) in [6, 6.07) is 4.06. The third-order valence-corrected chi connectivity index (χ3v) is 0.516. The molecule has 0 aromatic rings. The second-order valence-electron chi connectivity index (χ2n) is 2.57. The van der Waals surface area contributed by atoms with Crippen molar-refractivity contribution in [2.45, 2.75) is 27.7 Å². The number of hydrogen-bond acceptors (Lipinski definition) is 6. The molecule has 6 nitrogen and oxygen atoms in total. The van der Waals surface area contributed by atoms with E-state index in [0.717, 1.165) is 0 Å². The van der Waals surface area contributed by atoms with E-state index in [9.17, 15) is 0 Å². The maximum absolute atomic E-state index is 8.00. The largest absolute Gasteiger partial charge is 0.307 e. The van der Waals surface area contributed by atoms with Crippen LogP contribution < -0.4 is 0 Å². The summed E-state index contributed by atoms with van der Waals surface area (Å²) in [7, 11) is 0. The van der Waals surface area contributed by atoms with E-state index >= 15 is 0 Å². The molecule has 19 heavy (non-hydrogen) atoms. The molecule has 0 saturated heterocycles. The zero-order valence-electron chi connectivity index (χ0n) is 11.9. The smallest absolute Gasteiger partial charge is 0.106 e. The van der Waals surface area contributed by atoms with Gasteiger partial charge in [0.15, 0.2) is 0 Å². The Morgan fingerprint density at radius 1 is 0.632 bits per heavy atom. The maximum atomic E-state index is 8.00. The fourth-order valence-corrected chi connectivity index (χ4v) is 0. The Hall–Kier alpha value is -1.65. The first kappa shape index (κ1) is 43.3. The molecule has 0 aliphatic carbocycles. The maximum Gasteiger partial charge on any atom is 0.106 e. The molecule has 0 aromatic heterocycles. The van der Waals surface area contributed by atoms with Crippen molar-refractivity contribution in [1.29, 1.82) is 10.5 Å². The van der Waals surface area contributed by atoms with Gasteiger partial charge in [-0.15, -0.1) is 0 Å². The molecule has 0 rings (SSSR count). The standard InChI is InChI=1S/2C4H7N.4CH2O.W/c2*1-4(2)3-5;4*1-2;/h2*4H,1-2H3;4*1H2;.